The molecule has 1 aromatic carbocycles. The zero-order valence-corrected chi connectivity index (χ0v) is 34.1. The molecule has 53 heavy (non-hydrogen) atoms. The van der Waals surface area contributed by atoms with Crippen LogP contribution in [0, 0.1) is 40.4 Å². The molecule has 0 radical (unpaired) electrons. The molecule has 5 aliphatic carbocycles. The summed E-state index contributed by atoms with van der Waals surface area (Å²) in [6, 6.07) is 1.81. The van der Waals surface area contributed by atoms with Gasteiger partial charge in [0, 0.05) is 11.8 Å². The number of fused-ring (bicyclic) bond motifs is 7. The van der Waals surface area contributed by atoms with E-state index in [1.807, 2.05) is 19.9 Å². The Kier molecular flexibility index (Phi) is 12.9. The Hall–Kier alpha value is -2.76. The van der Waals surface area contributed by atoms with Crippen LogP contribution in [0.15, 0.2) is 29.9 Å². The van der Waals surface area contributed by atoms with Gasteiger partial charge in [0.05, 0.1) is 5.41 Å². The average Bonchev–Trinajstić information content (AvgIpc) is 3.64. The molecule has 3 saturated carbocycles. The highest BCUT2D eigenvalue weighted by molar-refractivity contribution is 5.74. The summed E-state index contributed by atoms with van der Waals surface area (Å²) in [6.45, 7) is 13.5. The van der Waals surface area contributed by atoms with Crippen LogP contribution in [0.3, 0.4) is 0 Å². The van der Waals surface area contributed by atoms with Gasteiger partial charge in [-0.1, -0.05) is 109 Å². The summed E-state index contributed by atoms with van der Waals surface area (Å²) in [7, 11) is 0. The molecule has 3 fully saturated rings. The molecule has 0 heterocycles. The van der Waals surface area contributed by atoms with Crippen LogP contribution in [0.4, 0.5) is 0 Å². The van der Waals surface area contributed by atoms with E-state index in [4.69, 9.17) is 5.11 Å². The third-order valence-electron chi connectivity index (χ3n) is 15.9. The zero-order chi connectivity index (χ0) is 38.7. The lowest BCUT2D eigenvalue weighted by Gasteiger charge is -2.69. The Morgan fingerprint density at radius 3 is 2.02 bits per heavy atom. The average molecular weight is 733 g/mol. The summed E-state index contributed by atoms with van der Waals surface area (Å²) in [4.78, 5) is 22.6. The summed E-state index contributed by atoms with van der Waals surface area (Å²) >= 11 is 0. The summed E-state index contributed by atoms with van der Waals surface area (Å²) in [5.41, 5.74) is 4.00. The van der Waals surface area contributed by atoms with Gasteiger partial charge in [0.2, 0.25) is 0 Å². The molecular weight excluding hydrogens is 661 g/mol. The van der Waals surface area contributed by atoms with E-state index in [1.54, 1.807) is 0 Å². The van der Waals surface area contributed by atoms with Crippen molar-refractivity contribution in [2.24, 2.45) is 33.5 Å². The summed E-state index contributed by atoms with van der Waals surface area (Å²) < 4.78 is 0. The van der Waals surface area contributed by atoms with Crippen LogP contribution < -0.4 is 0 Å². The quantitative estimate of drug-likeness (QED) is 0.0860. The van der Waals surface area contributed by atoms with E-state index in [0.717, 1.165) is 81.3 Å². The fraction of sp³-hybridized carbons (Fsp3) is 0.745. The second-order valence-corrected chi connectivity index (χ2v) is 19.3. The molecule has 0 aromatic heterocycles. The van der Waals surface area contributed by atoms with Crippen molar-refractivity contribution in [2.45, 2.75) is 188 Å². The van der Waals surface area contributed by atoms with Gasteiger partial charge in [-0.25, -0.2) is 0 Å². The van der Waals surface area contributed by atoms with Gasteiger partial charge in [0.25, 0.3) is 0 Å². The van der Waals surface area contributed by atoms with Crippen LogP contribution in [-0.2, 0) is 21.4 Å². The number of carboxylic acid groups (broad SMARTS) is 2. The third kappa shape index (κ3) is 8.27. The van der Waals surface area contributed by atoms with Crippen LogP contribution in [0.1, 0.15) is 186 Å². The predicted octanol–water partition coefficient (Wildman–Crippen LogP) is 12.4. The highest BCUT2D eigenvalue weighted by Crippen LogP contribution is 2.74. The Morgan fingerprint density at radius 2 is 1.42 bits per heavy atom. The number of aromatic hydroxyl groups is 2. The van der Waals surface area contributed by atoms with Crippen molar-refractivity contribution < 1.29 is 30.0 Å². The van der Waals surface area contributed by atoms with Crippen molar-refractivity contribution in [2.75, 3.05) is 0 Å². The van der Waals surface area contributed by atoms with Crippen LogP contribution in [0.25, 0.3) is 0 Å². The minimum Gasteiger partial charge on any atom is -0.504 e. The van der Waals surface area contributed by atoms with Gasteiger partial charge in [-0.05, 0) is 142 Å². The van der Waals surface area contributed by atoms with E-state index in [0.29, 0.717) is 12.3 Å². The number of carbonyl (C=O) groups is 2. The molecule has 5 aliphatic rings. The number of rotatable bonds is 14. The number of allylic oxidation sites excluding steroid dienone is 4. The van der Waals surface area contributed by atoms with Gasteiger partial charge in [-0.15, -0.1) is 0 Å². The first-order valence-electron chi connectivity index (χ1n) is 21.4. The van der Waals surface area contributed by atoms with E-state index in [-0.39, 0.29) is 33.2 Å². The molecule has 0 spiro atoms. The number of phenolic OH excluding ortho intramolecular Hbond substituents is 2. The van der Waals surface area contributed by atoms with Crippen molar-refractivity contribution in [3.63, 3.8) is 0 Å². The highest BCUT2D eigenvalue weighted by Gasteiger charge is 2.67. The number of benzene rings is 1. The summed E-state index contributed by atoms with van der Waals surface area (Å²) in [6.07, 6.45) is 31.9. The third-order valence-corrected chi connectivity index (χ3v) is 15.9. The fourth-order valence-electron chi connectivity index (χ4n) is 11.9. The maximum absolute atomic E-state index is 12.3. The SMILES string of the molecule is Cc1c(O)c(O)cc2c1CC=C1C2(C)CCC2(C)C3CC(C)(C(=O)O)CCC3(C)CCC12C.O=C(O)CCCCCCCCCCCCC1C=CCC1. The molecule has 6 rings (SSSR count). The lowest BCUT2D eigenvalue weighted by molar-refractivity contribution is -0.177. The van der Waals surface area contributed by atoms with Crippen LogP contribution in [-0.4, -0.2) is 32.4 Å². The molecular formula is C47H72O6. The minimum absolute atomic E-state index is 0.00431. The first-order valence-corrected chi connectivity index (χ1v) is 21.4. The van der Waals surface area contributed by atoms with Crippen LogP contribution >= 0.6 is 0 Å². The Bertz CT molecular complexity index is 1540. The van der Waals surface area contributed by atoms with Crippen molar-refractivity contribution in [3.05, 3.63) is 46.6 Å². The smallest absolute Gasteiger partial charge is 0.309 e. The van der Waals surface area contributed by atoms with E-state index in [1.165, 1.54) is 81.8 Å². The molecule has 4 N–H and O–H groups in total. The van der Waals surface area contributed by atoms with Gasteiger partial charge in [0.15, 0.2) is 11.5 Å². The normalized spacial score (nSPS) is 34.1. The molecule has 7 atom stereocenters. The lowest BCUT2D eigenvalue weighted by Crippen LogP contribution is -2.62. The van der Waals surface area contributed by atoms with Crippen molar-refractivity contribution in [1.29, 1.82) is 0 Å². The maximum atomic E-state index is 12.3. The van der Waals surface area contributed by atoms with Gasteiger partial charge >= 0.3 is 11.9 Å². The first kappa shape index (κ1) is 41.4. The largest absolute Gasteiger partial charge is 0.504 e. The van der Waals surface area contributed by atoms with Gasteiger partial charge in [-0.3, -0.25) is 9.59 Å². The van der Waals surface area contributed by atoms with Gasteiger partial charge < -0.3 is 20.4 Å². The maximum Gasteiger partial charge on any atom is 0.309 e. The number of phenols is 2. The molecule has 1 aromatic rings. The number of hydrogen-bond donors (Lipinski definition) is 4. The number of unbranched alkanes of at least 4 members (excludes halogenated alkanes) is 9. The second kappa shape index (κ2) is 16.5. The number of aliphatic carboxylic acids is 2. The molecule has 0 aliphatic heterocycles. The molecule has 6 nitrogen and oxygen atoms in total. The Labute approximate surface area is 320 Å². The standard InChI is InChI=1S/C29H40O4.C18H32O2/c1-17-18-7-8-21-27(4,19(18)15-20(30)23(17)31)12-14-29(6)22-16-26(3,24(32)33)10-9-25(22,2)11-13-28(21,29)5;19-18(20)16-10-8-6-4-2-1-3-5-7-9-13-17-14-11-12-15-17/h8,15,22,30-31H,7,9-14,16H2,1-6H3,(H,32,33);11,14,17H,1-10,12-13,15-16H2,(H,19,20). The monoisotopic (exact) mass is 733 g/mol. The van der Waals surface area contributed by atoms with Gasteiger partial charge in [-0.2, -0.15) is 0 Å². The minimum atomic E-state index is -0.655. The molecule has 6 heteroatoms. The van der Waals surface area contributed by atoms with Crippen molar-refractivity contribution >= 4 is 11.9 Å². The fourth-order valence-corrected chi connectivity index (χ4v) is 11.9. The van der Waals surface area contributed by atoms with Crippen molar-refractivity contribution in [3.8, 4) is 11.5 Å². The van der Waals surface area contributed by atoms with Crippen LogP contribution in [0.5, 0.6) is 11.5 Å². The zero-order valence-electron chi connectivity index (χ0n) is 34.1. The second-order valence-electron chi connectivity index (χ2n) is 19.3. The summed E-state index contributed by atoms with van der Waals surface area (Å²) in [5.74, 6) is -0.0467. The Morgan fingerprint density at radius 1 is 0.792 bits per heavy atom. The van der Waals surface area contributed by atoms with Crippen LogP contribution in [0.2, 0.25) is 0 Å². The molecule has 296 valence electrons. The molecule has 0 bridgehead atoms. The van der Waals surface area contributed by atoms with E-state index in [9.17, 15) is 24.9 Å². The van der Waals surface area contributed by atoms with Gasteiger partial charge in [0.1, 0.15) is 0 Å². The molecule has 0 amide bonds. The first-order chi connectivity index (χ1) is 25.0. The topological polar surface area (TPSA) is 115 Å². The van der Waals surface area contributed by atoms with E-state index >= 15 is 0 Å². The van der Waals surface area contributed by atoms with Crippen molar-refractivity contribution in [1.82, 2.24) is 0 Å². The lowest BCUT2D eigenvalue weighted by atomic mass is 9.34. The van der Waals surface area contributed by atoms with E-state index < -0.39 is 17.4 Å². The Balaban J connectivity index is 0.000000233. The highest BCUT2D eigenvalue weighted by atomic mass is 16.4. The summed E-state index contributed by atoms with van der Waals surface area (Å²) in [5, 5.41) is 39.4. The number of carboxylic acids is 2. The number of hydrogen-bond acceptors (Lipinski definition) is 4. The van der Waals surface area contributed by atoms with E-state index in [2.05, 4.69) is 45.9 Å². The predicted molar refractivity (Wildman–Crippen MR) is 214 cm³/mol. The molecule has 7 unspecified atom stereocenters. The molecule has 0 saturated heterocycles.